The molecule has 0 unspecified atom stereocenters. The molecule has 1 heterocycles. The molecule has 0 amide bonds. The van der Waals surface area contributed by atoms with Gasteiger partial charge in [0.25, 0.3) is 0 Å². The van der Waals surface area contributed by atoms with E-state index < -0.39 is 17.5 Å². The van der Waals surface area contributed by atoms with Gasteiger partial charge in [0.1, 0.15) is 0 Å². The molecule has 2 N–H and O–H groups in total. The summed E-state index contributed by atoms with van der Waals surface area (Å²) in [6, 6.07) is 1.68. The first-order chi connectivity index (χ1) is 8.56. The second-order valence-electron chi connectivity index (χ2n) is 3.90. The van der Waals surface area contributed by atoms with Gasteiger partial charge < -0.3 is 5.73 Å². The SMILES string of the molecule is CC[C@@H](N)c1cncn1-c1ccc(F)c(F)c1F. The van der Waals surface area contributed by atoms with E-state index in [9.17, 15) is 13.2 Å². The minimum atomic E-state index is -1.50. The Morgan fingerprint density at radius 3 is 2.67 bits per heavy atom. The number of hydrogen-bond donors (Lipinski definition) is 1. The van der Waals surface area contributed by atoms with Crippen molar-refractivity contribution in [3.63, 3.8) is 0 Å². The van der Waals surface area contributed by atoms with Gasteiger partial charge in [-0.25, -0.2) is 18.2 Å². The standard InChI is InChI=1S/C12H12F3N3/c1-2-8(16)10-5-17-6-18(10)9-4-3-7(13)11(14)12(9)15/h3-6,8H,2,16H2,1H3/t8-/m1/s1. The van der Waals surface area contributed by atoms with Gasteiger partial charge >= 0.3 is 0 Å². The fourth-order valence-corrected chi connectivity index (χ4v) is 1.69. The fourth-order valence-electron chi connectivity index (χ4n) is 1.69. The lowest BCUT2D eigenvalue weighted by molar-refractivity contribution is 0.444. The van der Waals surface area contributed by atoms with Crippen molar-refractivity contribution in [2.45, 2.75) is 19.4 Å². The van der Waals surface area contributed by atoms with Gasteiger partial charge in [0.15, 0.2) is 17.5 Å². The molecule has 0 radical (unpaired) electrons. The predicted molar refractivity (Wildman–Crippen MR) is 60.7 cm³/mol. The molecule has 0 bridgehead atoms. The molecule has 6 heteroatoms. The van der Waals surface area contributed by atoms with E-state index >= 15 is 0 Å². The van der Waals surface area contributed by atoms with Crippen LogP contribution in [0.1, 0.15) is 25.1 Å². The maximum absolute atomic E-state index is 13.7. The van der Waals surface area contributed by atoms with Crippen molar-refractivity contribution < 1.29 is 13.2 Å². The summed E-state index contributed by atoms with van der Waals surface area (Å²) in [5, 5.41) is 0. The van der Waals surface area contributed by atoms with Gasteiger partial charge in [-0.3, -0.25) is 4.57 Å². The Kier molecular flexibility index (Phi) is 3.38. The maximum Gasteiger partial charge on any atom is 0.196 e. The highest BCUT2D eigenvalue weighted by molar-refractivity contribution is 5.37. The number of aromatic nitrogens is 2. The molecular weight excluding hydrogens is 243 g/mol. The summed E-state index contributed by atoms with van der Waals surface area (Å²) >= 11 is 0. The summed E-state index contributed by atoms with van der Waals surface area (Å²) < 4.78 is 41.0. The highest BCUT2D eigenvalue weighted by Gasteiger charge is 2.18. The molecule has 2 rings (SSSR count). The van der Waals surface area contributed by atoms with Crippen molar-refractivity contribution in [3.05, 3.63) is 47.8 Å². The third-order valence-electron chi connectivity index (χ3n) is 2.76. The Morgan fingerprint density at radius 2 is 2.00 bits per heavy atom. The molecule has 0 spiro atoms. The van der Waals surface area contributed by atoms with E-state index in [0.717, 1.165) is 12.1 Å². The van der Waals surface area contributed by atoms with E-state index in [0.29, 0.717) is 12.1 Å². The second-order valence-corrected chi connectivity index (χ2v) is 3.90. The van der Waals surface area contributed by atoms with Gasteiger partial charge in [0, 0.05) is 6.04 Å². The van der Waals surface area contributed by atoms with Gasteiger partial charge in [-0.05, 0) is 18.6 Å². The molecule has 0 fully saturated rings. The van der Waals surface area contributed by atoms with Crippen LogP contribution in [-0.2, 0) is 0 Å². The first-order valence-electron chi connectivity index (χ1n) is 5.48. The average Bonchev–Trinajstić information content (AvgIpc) is 2.84. The van der Waals surface area contributed by atoms with Gasteiger partial charge in [-0.15, -0.1) is 0 Å². The summed E-state index contributed by atoms with van der Waals surface area (Å²) in [4.78, 5) is 3.86. The quantitative estimate of drug-likeness (QED) is 0.857. The number of benzene rings is 1. The fraction of sp³-hybridized carbons (Fsp3) is 0.250. The van der Waals surface area contributed by atoms with Crippen molar-refractivity contribution >= 4 is 0 Å². The van der Waals surface area contributed by atoms with Crippen LogP contribution in [0.2, 0.25) is 0 Å². The highest BCUT2D eigenvalue weighted by Crippen LogP contribution is 2.23. The molecule has 1 aromatic carbocycles. The van der Waals surface area contributed by atoms with Crippen LogP contribution in [0.4, 0.5) is 13.2 Å². The number of imidazole rings is 1. The lowest BCUT2D eigenvalue weighted by Gasteiger charge is -2.13. The zero-order chi connectivity index (χ0) is 13.3. The van der Waals surface area contributed by atoms with Crippen molar-refractivity contribution in [1.82, 2.24) is 9.55 Å². The predicted octanol–water partition coefficient (Wildman–Crippen LogP) is 2.70. The van der Waals surface area contributed by atoms with E-state index in [2.05, 4.69) is 4.98 Å². The molecule has 1 atom stereocenters. The van der Waals surface area contributed by atoms with E-state index in [4.69, 9.17) is 5.73 Å². The van der Waals surface area contributed by atoms with Crippen LogP contribution in [0.25, 0.3) is 5.69 Å². The zero-order valence-electron chi connectivity index (χ0n) is 9.70. The zero-order valence-corrected chi connectivity index (χ0v) is 9.70. The third kappa shape index (κ3) is 1.99. The molecule has 18 heavy (non-hydrogen) atoms. The molecule has 2 aromatic rings. The summed E-state index contributed by atoms with van der Waals surface area (Å²) in [5.41, 5.74) is 6.28. The summed E-state index contributed by atoms with van der Waals surface area (Å²) in [6.45, 7) is 1.86. The van der Waals surface area contributed by atoms with E-state index in [1.54, 1.807) is 0 Å². The van der Waals surface area contributed by atoms with Crippen LogP contribution in [0.3, 0.4) is 0 Å². The van der Waals surface area contributed by atoms with E-state index in [1.807, 2.05) is 6.92 Å². The number of nitrogens with zero attached hydrogens (tertiary/aromatic N) is 2. The second kappa shape index (κ2) is 4.81. The number of halogens is 3. The van der Waals surface area contributed by atoms with Crippen molar-refractivity contribution in [2.24, 2.45) is 5.73 Å². The summed E-state index contributed by atoms with van der Waals surface area (Å²) in [6.07, 6.45) is 3.42. The van der Waals surface area contributed by atoms with Crippen LogP contribution in [-0.4, -0.2) is 9.55 Å². The molecule has 0 aliphatic heterocycles. The van der Waals surface area contributed by atoms with Crippen molar-refractivity contribution in [2.75, 3.05) is 0 Å². The monoisotopic (exact) mass is 255 g/mol. The normalized spacial score (nSPS) is 12.7. The number of rotatable bonds is 3. The van der Waals surface area contributed by atoms with Crippen LogP contribution in [0, 0.1) is 17.5 Å². The lowest BCUT2D eigenvalue weighted by Crippen LogP contribution is -2.14. The molecule has 0 saturated carbocycles. The minimum absolute atomic E-state index is 0.106. The molecule has 0 saturated heterocycles. The van der Waals surface area contributed by atoms with Crippen LogP contribution < -0.4 is 5.73 Å². The summed E-state index contributed by atoms with van der Waals surface area (Å²) in [5.74, 6) is -3.98. The Morgan fingerprint density at radius 1 is 1.28 bits per heavy atom. The maximum atomic E-state index is 13.7. The first kappa shape index (κ1) is 12.6. The molecule has 3 nitrogen and oxygen atoms in total. The van der Waals surface area contributed by atoms with Crippen molar-refractivity contribution in [1.29, 1.82) is 0 Å². The molecule has 0 aliphatic carbocycles. The van der Waals surface area contributed by atoms with Gasteiger partial charge in [0.2, 0.25) is 0 Å². The molecule has 96 valence electrons. The van der Waals surface area contributed by atoms with Crippen molar-refractivity contribution in [3.8, 4) is 5.69 Å². The Hall–Kier alpha value is -1.82. The van der Waals surface area contributed by atoms with Gasteiger partial charge in [-0.2, -0.15) is 0 Å². The number of hydrogen-bond acceptors (Lipinski definition) is 2. The Balaban J connectivity index is 2.56. The van der Waals surface area contributed by atoms with Gasteiger partial charge in [0.05, 0.1) is 23.9 Å². The average molecular weight is 255 g/mol. The smallest absolute Gasteiger partial charge is 0.196 e. The molecule has 0 aliphatic rings. The molecule has 1 aromatic heterocycles. The van der Waals surface area contributed by atoms with Gasteiger partial charge in [-0.1, -0.05) is 6.92 Å². The highest BCUT2D eigenvalue weighted by atomic mass is 19.2. The Bertz CT molecular complexity index is 566. The van der Waals surface area contributed by atoms with Crippen LogP contribution in [0.15, 0.2) is 24.7 Å². The van der Waals surface area contributed by atoms with E-state index in [1.165, 1.54) is 17.1 Å². The van der Waals surface area contributed by atoms with Crippen LogP contribution >= 0.6 is 0 Å². The van der Waals surface area contributed by atoms with Crippen LogP contribution in [0.5, 0.6) is 0 Å². The number of nitrogens with two attached hydrogens (primary N) is 1. The minimum Gasteiger partial charge on any atom is -0.323 e. The topological polar surface area (TPSA) is 43.8 Å². The molecular formula is C12H12F3N3. The lowest BCUT2D eigenvalue weighted by atomic mass is 10.1. The van der Waals surface area contributed by atoms with E-state index in [-0.39, 0.29) is 11.7 Å². The summed E-state index contributed by atoms with van der Waals surface area (Å²) in [7, 11) is 0. The third-order valence-corrected chi connectivity index (χ3v) is 2.76. The first-order valence-corrected chi connectivity index (χ1v) is 5.48. The largest absolute Gasteiger partial charge is 0.323 e. The Labute approximate surface area is 102 Å².